The molecule has 2 rings (SSSR count). The third kappa shape index (κ3) is 7.28. The number of methoxy groups -OCH3 is 1. The molecule has 0 saturated heterocycles. The number of halogens is 1. The molecule has 0 heterocycles. The van der Waals surface area contributed by atoms with Gasteiger partial charge in [-0.1, -0.05) is 37.3 Å². The number of carbonyl (C=O) groups excluding carboxylic acids is 2. The van der Waals surface area contributed by atoms with Crippen LogP contribution >= 0.6 is 11.6 Å². The van der Waals surface area contributed by atoms with E-state index >= 15 is 0 Å². The SMILES string of the molecule is CCOc1c(Cl)cc(/C=C/C(=O)O[C@@H](C)C(=O)NC2CCCCCC2)cc1OC. The fourth-order valence-corrected chi connectivity index (χ4v) is 3.57. The number of benzene rings is 1. The number of amides is 1. The fourth-order valence-electron chi connectivity index (χ4n) is 3.29. The molecule has 1 aromatic carbocycles. The molecule has 0 aromatic heterocycles. The van der Waals surface area contributed by atoms with E-state index < -0.39 is 12.1 Å². The summed E-state index contributed by atoms with van der Waals surface area (Å²) in [4.78, 5) is 24.4. The van der Waals surface area contributed by atoms with Crippen molar-refractivity contribution in [1.82, 2.24) is 5.32 Å². The van der Waals surface area contributed by atoms with E-state index in [0.717, 1.165) is 25.7 Å². The number of nitrogens with one attached hydrogen (secondary N) is 1. The van der Waals surface area contributed by atoms with E-state index in [1.807, 2.05) is 6.92 Å². The van der Waals surface area contributed by atoms with Crippen molar-refractivity contribution in [2.24, 2.45) is 0 Å². The summed E-state index contributed by atoms with van der Waals surface area (Å²) in [6, 6.07) is 3.55. The molecule has 1 saturated carbocycles. The Morgan fingerprint density at radius 2 is 1.93 bits per heavy atom. The van der Waals surface area contributed by atoms with Crippen molar-refractivity contribution >= 4 is 29.6 Å². The van der Waals surface area contributed by atoms with Crippen LogP contribution in [0.15, 0.2) is 18.2 Å². The minimum Gasteiger partial charge on any atom is -0.493 e. The Labute approximate surface area is 177 Å². The molecule has 29 heavy (non-hydrogen) atoms. The third-order valence-electron chi connectivity index (χ3n) is 4.82. The van der Waals surface area contributed by atoms with Crippen LogP contribution in [0.25, 0.3) is 6.08 Å². The van der Waals surface area contributed by atoms with Crippen molar-refractivity contribution < 1.29 is 23.8 Å². The average Bonchev–Trinajstić information content (AvgIpc) is 2.96. The maximum absolute atomic E-state index is 12.3. The highest BCUT2D eigenvalue weighted by Crippen LogP contribution is 2.36. The van der Waals surface area contributed by atoms with Crippen LogP contribution in [-0.2, 0) is 14.3 Å². The summed E-state index contributed by atoms with van der Waals surface area (Å²) in [5.41, 5.74) is 0.655. The number of hydrogen-bond donors (Lipinski definition) is 1. The zero-order valence-electron chi connectivity index (χ0n) is 17.3. The standard InChI is InChI=1S/C22H30ClNO5/c1-4-28-21-18(23)13-16(14-19(21)27-3)11-12-20(25)29-15(2)22(26)24-17-9-7-5-6-8-10-17/h11-15,17H,4-10H2,1-3H3,(H,24,26)/b12-11+/t15-/m0/s1. The van der Waals surface area contributed by atoms with Crippen molar-refractivity contribution in [3.8, 4) is 11.5 Å². The Morgan fingerprint density at radius 3 is 2.55 bits per heavy atom. The molecule has 0 aliphatic heterocycles. The molecule has 0 unspecified atom stereocenters. The van der Waals surface area contributed by atoms with Crippen molar-refractivity contribution in [1.29, 1.82) is 0 Å². The van der Waals surface area contributed by atoms with Gasteiger partial charge in [-0.15, -0.1) is 0 Å². The zero-order chi connectivity index (χ0) is 21.2. The summed E-state index contributed by atoms with van der Waals surface area (Å²) in [6.45, 7) is 3.89. The summed E-state index contributed by atoms with van der Waals surface area (Å²) in [5, 5.41) is 3.37. The molecular formula is C22H30ClNO5. The van der Waals surface area contributed by atoms with Gasteiger partial charge in [0.2, 0.25) is 0 Å². The number of rotatable bonds is 8. The molecule has 1 atom stereocenters. The van der Waals surface area contributed by atoms with Gasteiger partial charge in [0, 0.05) is 12.1 Å². The first-order valence-corrected chi connectivity index (χ1v) is 10.5. The van der Waals surface area contributed by atoms with Crippen molar-refractivity contribution in [2.45, 2.75) is 64.5 Å². The molecule has 6 nitrogen and oxygen atoms in total. The molecule has 160 valence electrons. The second-order valence-electron chi connectivity index (χ2n) is 7.08. The quantitative estimate of drug-likeness (QED) is 0.377. The minimum absolute atomic E-state index is 0.167. The minimum atomic E-state index is -0.853. The van der Waals surface area contributed by atoms with Gasteiger partial charge >= 0.3 is 5.97 Å². The van der Waals surface area contributed by atoms with Crippen LogP contribution in [0.1, 0.15) is 57.9 Å². The Balaban J connectivity index is 1.92. The lowest BCUT2D eigenvalue weighted by atomic mass is 10.1. The summed E-state index contributed by atoms with van der Waals surface area (Å²) in [7, 11) is 1.52. The fraction of sp³-hybridized carbons (Fsp3) is 0.545. The van der Waals surface area contributed by atoms with Crippen LogP contribution in [-0.4, -0.2) is 37.7 Å². The number of ether oxygens (including phenoxy) is 3. The van der Waals surface area contributed by atoms with E-state index in [4.69, 9.17) is 25.8 Å². The van der Waals surface area contributed by atoms with Gasteiger partial charge in [0.25, 0.3) is 5.91 Å². The van der Waals surface area contributed by atoms with Crippen molar-refractivity contribution in [3.63, 3.8) is 0 Å². The second-order valence-corrected chi connectivity index (χ2v) is 7.48. The lowest BCUT2D eigenvalue weighted by molar-refractivity contribution is -0.150. The second kappa shape index (κ2) is 11.7. The highest BCUT2D eigenvalue weighted by atomic mass is 35.5. The maximum atomic E-state index is 12.3. The summed E-state index contributed by atoms with van der Waals surface area (Å²) < 4.78 is 16.0. The predicted molar refractivity (Wildman–Crippen MR) is 113 cm³/mol. The predicted octanol–water partition coefficient (Wildman–Crippen LogP) is 4.53. The Hall–Kier alpha value is -2.21. The zero-order valence-corrected chi connectivity index (χ0v) is 18.1. The van der Waals surface area contributed by atoms with Crippen molar-refractivity contribution in [2.75, 3.05) is 13.7 Å². The summed E-state index contributed by atoms with van der Waals surface area (Å²) >= 11 is 6.23. The van der Waals surface area contributed by atoms with Gasteiger partial charge in [-0.25, -0.2) is 4.79 Å². The molecule has 1 aliphatic rings. The van der Waals surface area contributed by atoms with Gasteiger partial charge in [-0.2, -0.15) is 0 Å². The topological polar surface area (TPSA) is 73.9 Å². The van der Waals surface area contributed by atoms with E-state index in [1.54, 1.807) is 25.1 Å². The molecule has 1 aromatic rings. The molecule has 1 aliphatic carbocycles. The smallest absolute Gasteiger partial charge is 0.331 e. The van der Waals surface area contributed by atoms with E-state index in [0.29, 0.717) is 28.7 Å². The van der Waals surface area contributed by atoms with E-state index in [1.165, 1.54) is 26.0 Å². The van der Waals surface area contributed by atoms with Crippen LogP contribution in [0.3, 0.4) is 0 Å². The van der Waals surface area contributed by atoms with Crippen LogP contribution in [0.5, 0.6) is 11.5 Å². The van der Waals surface area contributed by atoms with Gasteiger partial charge in [-0.3, -0.25) is 4.79 Å². The van der Waals surface area contributed by atoms with Crippen LogP contribution in [0, 0.1) is 0 Å². The lowest BCUT2D eigenvalue weighted by Gasteiger charge is -2.19. The van der Waals surface area contributed by atoms with Crippen LogP contribution < -0.4 is 14.8 Å². The Bertz CT molecular complexity index is 726. The molecule has 1 amide bonds. The molecule has 0 spiro atoms. The Morgan fingerprint density at radius 1 is 1.24 bits per heavy atom. The summed E-state index contributed by atoms with van der Waals surface area (Å²) in [5.74, 6) is 0.0747. The van der Waals surface area contributed by atoms with Crippen molar-refractivity contribution in [3.05, 3.63) is 28.8 Å². The molecule has 1 N–H and O–H groups in total. The van der Waals surface area contributed by atoms with Gasteiger partial charge in [-0.05, 0) is 50.5 Å². The third-order valence-corrected chi connectivity index (χ3v) is 5.10. The maximum Gasteiger partial charge on any atom is 0.331 e. The average molecular weight is 424 g/mol. The largest absolute Gasteiger partial charge is 0.493 e. The summed E-state index contributed by atoms with van der Waals surface area (Å²) in [6.07, 6.45) is 8.59. The first kappa shape index (κ1) is 23.1. The lowest BCUT2D eigenvalue weighted by Crippen LogP contribution is -2.41. The van der Waals surface area contributed by atoms with E-state index in [-0.39, 0.29) is 11.9 Å². The first-order chi connectivity index (χ1) is 13.9. The molecule has 7 heteroatoms. The van der Waals surface area contributed by atoms with Crippen LogP contribution in [0.4, 0.5) is 0 Å². The number of esters is 1. The van der Waals surface area contributed by atoms with Gasteiger partial charge in [0.15, 0.2) is 17.6 Å². The monoisotopic (exact) mass is 423 g/mol. The molecular weight excluding hydrogens is 394 g/mol. The van der Waals surface area contributed by atoms with Gasteiger partial charge in [0.1, 0.15) is 0 Å². The first-order valence-electron chi connectivity index (χ1n) is 10.1. The molecule has 0 bridgehead atoms. The highest BCUT2D eigenvalue weighted by molar-refractivity contribution is 6.32. The van der Waals surface area contributed by atoms with E-state index in [2.05, 4.69) is 5.32 Å². The Kier molecular flexibility index (Phi) is 9.32. The normalized spacial score (nSPS) is 16.1. The van der Waals surface area contributed by atoms with E-state index in [9.17, 15) is 9.59 Å². The van der Waals surface area contributed by atoms with Gasteiger partial charge < -0.3 is 19.5 Å². The highest BCUT2D eigenvalue weighted by Gasteiger charge is 2.21. The molecule has 1 fully saturated rings. The molecule has 0 radical (unpaired) electrons. The van der Waals surface area contributed by atoms with Gasteiger partial charge in [0.05, 0.1) is 18.7 Å². The van der Waals surface area contributed by atoms with Crippen LogP contribution in [0.2, 0.25) is 5.02 Å². The number of hydrogen-bond acceptors (Lipinski definition) is 5. The number of carbonyl (C=O) groups is 2.